The van der Waals surface area contributed by atoms with Gasteiger partial charge in [-0.05, 0) is 30.5 Å². The van der Waals surface area contributed by atoms with Gasteiger partial charge in [0.05, 0.1) is 20.1 Å². The summed E-state index contributed by atoms with van der Waals surface area (Å²) < 4.78 is 10.3. The Kier molecular flexibility index (Phi) is 6.56. The van der Waals surface area contributed by atoms with Gasteiger partial charge in [0.25, 0.3) is 0 Å². The minimum atomic E-state index is -0.279. The van der Waals surface area contributed by atoms with E-state index in [1.165, 1.54) is 6.92 Å². The number of methoxy groups -OCH3 is 1. The third-order valence-electron chi connectivity index (χ3n) is 2.78. The molecule has 1 aromatic rings. The molecule has 1 aromatic carbocycles. The number of hydrogen-bond acceptors (Lipinski definition) is 4. The Hall–Kier alpha value is -2.04. The van der Waals surface area contributed by atoms with Crippen LogP contribution in [0.1, 0.15) is 24.5 Å². The Morgan fingerprint density at radius 3 is 2.70 bits per heavy atom. The second-order valence-electron chi connectivity index (χ2n) is 4.54. The summed E-state index contributed by atoms with van der Waals surface area (Å²) in [7, 11) is 1.60. The van der Waals surface area contributed by atoms with Crippen molar-refractivity contribution in [1.82, 2.24) is 5.32 Å². The van der Waals surface area contributed by atoms with E-state index in [0.29, 0.717) is 19.6 Å². The summed E-state index contributed by atoms with van der Waals surface area (Å²) in [6.07, 6.45) is 0.833. The molecule has 0 bridgehead atoms. The van der Waals surface area contributed by atoms with E-state index in [9.17, 15) is 9.59 Å². The zero-order valence-electron chi connectivity index (χ0n) is 12.2. The molecule has 1 rings (SSSR count). The molecule has 0 fully saturated rings. The summed E-state index contributed by atoms with van der Waals surface area (Å²) in [5.74, 6) is 0.405. The van der Waals surface area contributed by atoms with Crippen molar-refractivity contribution in [3.05, 3.63) is 29.3 Å². The first-order chi connectivity index (χ1) is 9.52. The topological polar surface area (TPSA) is 64.6 Å². The standard InChI is InChI=1S/C15H21NO4/c1-11-5-6-13(9-14(11)19-3)10-15(18)20-8-4-7-16-12(2)17/h5-6,9H,4,7-8,10H2,1-3H3,(H,16,17). The SMILES string of the molecule is COc1cc(CC(=O)OCCCNC(C)=O)ccc1C. The summed E-state index contributed by atoms with van der Waals surface area (Å²) in [5, 5.41) is 2.64. The average molecular weight is 279 g/mol. The van der Waals surface area contributed by atoms with Crippen molar-refractivity contribution in [2.45, 2.75) is 26.7 Å². The molecule has 0 atom stereocenters. The molecule has 0 heterocycles. The predicted octanol–water partition coefficient (Wildman–Crippen LogP) is 1.62. The van der Waals surface area contributed by atoms with E-state index < -0.39 is 0 Å². The van der Waals surface area contributed by atoms with Crippen LogP contribution in [0, 0.1) is 6.92 Å². The van der Waals surface area contributed by atoms with Crippen LogP contribution in [0.3, 0.4) is 0 Å². The fourth-order valence-corrected chi connectivity index (χ4v) is 1.71. The van der Waals surface area contributed by atoms with Crippen LogP contribution < -0.4 is 10.1 Å². The third kappa shape index (κ3) is 5.73. The summed E-state index contributed by atoms with van der Waals surface area (Å²) >= 11 is 0. The number of carbonyl (C=O) groups excluding carboxylic acids is 2. The number of amides is 1. The number of hydrogen-bond donors (Lipinski definition) is 1. The van der Waals surface area contributed by atoms with Gasteiger partial charge in [-0.1, -0.05) is 12.1 Å². The lowest BCUT2D eigenvalue weighted by Crippen LogP contribution is -2.22. The number of esters is 1. The average Bonchev–Trinajstić information content (AvgIpc) is 2.40. The number of rotatable bonds is 7. The smallest absolute Gasteiger partial charge is 0.310 e. The summed E-state index contributed by atoms with van der Waals surface area (Å²) in [4.78, 5) is 22.3. The Bertz CT molecular complexity index is 471. The molecule has 0 saturated heterocycles. The van der Waals surface area contributed by atoms with E-state index in [1.807, 2.05) is 25.1 Å². The Labute approximate surface area is 119 Å². The third-order valence-corrected chi connectivity index (χ3v) is 2.78. The monoisotopic (exact) mass is 279 g/mol. The van der Waals surface area contributed by atoms with Crippen molar-refractivity contribution in [3.8, 4) is 5.75 Å². The molecule has 0 aromatic heterocycles. The van der Waals surface area contributed by atoms with Gasteiger partial charge in [0.15, 0.2) is 0 Å². The molecular weight excluding hydrogens is 258 g/mol. The fraction of sp³-hybridized carbons (Fsp3) is 0.467. The maximum atomic E-state index is 11.6. The molecule has 20 heavy (non-hydrogen) atoms. The number of carbonyl (C=O) groups is 2. The minimum Gasteiger partial charge on any atom is -0.496 e. The summed E-state index contributed by atoms with van der Waals surface area (Å²) in [5.41, 5.74) is 1.89. The highest BCUT2D eigenvalue weighted by Crippen LogP contribution is 2.19. The zero-order valence-corrected chi connectivity index (χ0v) is 12.2. The predicted molar refractivity (Wildman–Crippen MR) is 75.7 cm³/mol. The van der Waals surface area contributed by atoms with Crippen LogP contribution in [0.25, 0.3) is 0 Å². The van der Waals surface area contributed by atoms with Gasteiger partial charge >= 0.3 is 5.97 Å². The van der Waals surface area contributed by atoms with Crippen LogP contribution in [0.15, 0.2) is 18.2 Å². The van der Waals surface area contributed by atoms with Crippen LogP contribution >= 0.6 is 0 Å². The molecule has 1 amide bonds. The fourth-order valence-electron chi connectivity index (χ4n) is 1.71. The van der Waals surface area contributed by atoms with Crippen molar-refractivity contribution >= 4 is 11.9 Å². The molecule has 110 valence electrons. The highest BCUT2D eigenvalue weighted by Gasteiger charge is 2.07. The molecule has 5 heteroatoms. The maximum absolute atomic E-state index is 11.6. The number of aryl methyl sites for hydroxylation is 1. The first-order valence-corrected chi connectivity index (χ1v) is 6.56. The second-order valence-corrected chi connectivity index (χ2v) is 4.54. The molecule has 5 nitrogen and oxygen atoms in total. The van der Waals surface area contributed by atoms with Gasteiger partial charge in [-0.2, -0.15) is 0 Å². The quantitative estimate of drug-likeness (QED) is 0.608. The molecule has 0 unspecified atom stereocenters. The minimum absolute atomic E-state index is 0.0805. The highest BCUT2D eigenvalue weighted by molar-refractivity contribution is 5.73. The number of benzene rings is 1. The highest BCUT2D eigenvalue weighted by atomic mass is 16.5. The van der Waals surface area contributed by atoms with Crippen LogP contribution in [0.4, 0.5) is 0 Å². The zero-order chi connectivity index (χ0) is 15.0. The van der Waals surface area contributed by atoms with Crippen molar-refractivity contribution < 1.29 is 19.1 Å². The largest absolute Gasteiger partial charge is 0.496 e. The summed E-state index contributed by atoms with van der Waals surface area (Å²) in [6.45, 7) is 4.23. The van der Waals surface area contributed by atoms with E-state index in [0.717, 1.165) is 16.9 Å². The molecule has 0 spiro atoms. The molecule has 0 aliphatic rings. The van der Waals surface area contributed by atoms with Gasteiger partial charge in [-0.3, -0.25) is 9.59 Å². The Morgan fingerprint density at radius 2 is 2.05 bits per heavy atom. The van der Waals surface area contributed by atoms with E-state index in [1.54, 1.807) is 7.11 Å². The van der Waals surface area contributed by atoms with Crippen molar-refractivity contribution in [1.29, 1.82) is 0 Å². The van der Waals surface area contributed by atoms with Crippen molar-refractivity contribution in [2.24, 2.45) is 0 Å². The van der Waals surface area contributed by atoms with Crippen LogP contribution in [-0.2, 0) is 20.7 Å². The van der Waals surface area contributed by atoms with Crippen LogP contribution in [0.2, 0.25) is 0 Å². The van der Waals surface area contributed by atoms with E-state index in [-0.39, 0.29) is 18.3 Å². The van der Waals surface area contributed by atoms with Gasteiger partial charge in [0, 0.05) is 13.5 Å². The molecule has 1 N–H and O–H groups in total. The maximum Gasteiger partial charge on any atom is 0.310 e. The summed E-state index contributed by atoms with van der Waals surface area (Å²) in [6, 6.07) is 5.64. The van der Waals surface area contributed by atoms with Crippen molar-refractivity contribution in [2.75, 3.05) is 20.3 Å². The van der Waals surface area contributed by atoms with E-state index in [4.69, 9.17) is 9.47 Å². The Balaban J connectivity index is 2.33. The molecule has 0 saturated carbocycles. The van der Waals surface area contributed by atoms with Crippen LogP contribution in [0.5, 0.6) is 5.75 Å². The Morgan fingerprint density at radius 1 is 1.30 bits per heavy atom. The first kappa shape index (κ1) is 16.0. The lowest BCUT2D eigenvalue weighted by atomic mass is 10.1. The van der Waals surface area contributed by atoms with E-state index >= 15 is 0 Å². The number of nitrogens with one attached hydrogen (secondary N) is 1. The van der Waals surface area contributed by atoms with E-state index in [2.05, 4.69) is 5.32 Å². The lowest BCUT2D eigenvalue weighted by Gasteiger charge is -2.08. The van der Waals surface area contributed by atoms with Gasteiger partial charge in [0.2, 0.25) is 5.91 Å². The molecule has 0 aliphatic heterocycles. The van der Waals surface area contributed by atoms with Crippen molar-refractivity contribution in [3.63, 3.8) is 0 Å². The van der Waals surface area contributed by atoms with Gasteiger partial charge in [-0.25, -0.2) is 0 Å². The van der Waals surface area contributed by atoms with Crippen LogP contribution in [-0.4, -0.2) is 32.1 Å². The number of ether oxygens (including phenoxy) is 2. The molecule has 0 aliphatic carbocycles. The second kappa shape index (κ2) is 8.19. The first-order valence-electron chi connectivity index (χ1n) is 6.56. The molecular formula is C15H21NO4. The van der Waals surface area contributed by atoms with Gasteiger partial charge < -0.3 is 14.8 Å². The molecule has 0 radical (unpaired) electrons. The van der Waals surface area contributed by atoms with Gasteiger partial charge in [-0.15, -0.1) is 0 Å². The normalized spacial score (nSPS) is 9.95. The lowest BCUT2D eigenvalue weighted by molar-refractivity contribution is -0.142. The van der Waals surface area contributed by atoms with Gasteiger partial charge in [0.1, 0.15) is 5.75 Å².